The van der Waals surface area contributed by atoms with Crippen LogP contribution in [0.25, 0.3) is 27.6 Å². The van der Waals surface area contributed by atoms with Gasteiger partial charge in [0.2, 0.25) is 0 Å². The second kappa shape index (κ2) is 9.15. The molecule has 1 heterocycles. The summed E-state index contributed by atoms with van der Waals surface area (Å²) in [5, 5.41) is 4.55. The van der Waals surface area contributed by atoms with Crippen LogP contribution in [0, 0.1) is 5.82 Å². The number of halogens is 1. The Kier molecular flexibility index (Phi) is 5.46. The molecule has 1 aromatic heterocycles. The number of Topliss-reactive ketones (excluding diaryl/α,β-unsaturated/α-hetero) is 2. The van der Waals surface area contributed by atoms with Gasteiger partial charge in [0.15, 0.2) is 11.6 Å². The van der Waals surface area contributed by atoms with Crippen molar-refractivity contribution >= 4 is 66.9 Å². The molecular formula is C34H20FNO2S. The molecule has 6 aromatic rings. The summed E-state index contributed by atoms with van der Waals surface area (Å²) >= 11 is 1.51. The van der Waals surface area contributed by atoms with Gasteiger partial charge in [0, 0.05) is 27.1 Å². The Morgan fingerprint density at radius 1 is 0.641 bits per heavy atom. The van der Waals surface area contributed by atoms with Crippen molar-refractivity contribution in [2.75, 3.05) is 4.90 Å². The van der Waals surface area contributed by atoms with Crippen LogP contribution < -0.4 is 4.90 Å². The smallest absolute Gasteiger partial charge is 0.197 e. The summed E-state index contributed by atoms with van der Waals surface area (Å²) in [6.07, 6.45) is 1.68. The van der Waals surface area contributed by atoms with Gasteiger partial charge in [-0.1, -0.05) is 60.7 Å². The van der Waals surface area contributed by atoms with Gasteiger partial charge in [-0.3, -0.25) is 9.59 Å². The van der Waals surface area contributed by atoms with Crippen LogP contribution in [-0.4, -0.2) is 11.6 Å². The molecule has 0 unspecified atom stereocenters. The minimum Gasteiger partial charge on any atom is -0.301 e. The highest BCUT2D eigenvalue weighted by atomic mass is 32.1. The third-order valence-corrected chi connectivity index (χ3v) is 8.08. The van der Waals surface area contributed by atoms with Crippen LogP contribution in [0.2, 0.25) is 0 Å². The third kappa shape index (κ3) is 3.95. The lowest BCUT2D eigenvalue weighted by Crippen LogP contribution is -2.08. The van der Waals surface area contributed by atoms with Crippen molar-refractivity contribution in [2.45, 2.75) is 0 Å². The number of allylic oxidation sites excluding steroid dienone is 1. The van der Waals surface area contributed by atoms with E-state index in [0.717, 1.165) is 37.4 Å². The monoisotopic (exact) mass is 525 g/mol. The average molecular weight is 526 g/mol. The Morgan fingerprint density at radius 2 is 1.36 bits per heavy atom. The van der Waals surface area contributed by atoms with E-state index >= 15 is 0 Å². The molecule has 0 aliphatic heterocycles. The highest BCUT2D eigenvalue weighted by molar-refractivity contribution is 7.17. The van der Waals surface area contributed by atoms with Crippen molar-refractivity contribution in [2.24, 2.45) is 0 Å². The van der Waals surface area contributed by atoms with Crippen LogP contribution in [0.4, 0.5) is 20.8 Å². The Morgan fingerprint density at radius 3 is 2.18 bits per heavy atom. The zero-order chi connectivity index (χ0) is 26.5. The van der Waals surface area contributed by atoms with Crippen LogP contribution in [0.15, 0.2) is 121 Å². The van der Waals surface area contributed by atoms with Crippen molar-refractivity contribution < 1.29 is 14.0 Å². The Labute approximate surface area is 228 Å². The Balaban J connectivity index is 1.31. The lowest BCUT2D eigenvalue weighted by molar-refractivity contribution is 0.0990. The number of carbonyl (C=O) groups excluding carboxylic acids is 2. The van der Waals surface area contributed by atoms with Crippen molar-refractivity contribution in [1.82, 2.24) is 0 Å². The first-order valence-corrected chi connectivity index (χ1v) is 13.4. The van der Waals surface area contributed by atoms with Gasteiger partial charge in [-0.05, 0) is 76.8 Å². The quantitative estimate of drug-likeness (QED) is 0.170. The number of hydrogen-bond acceptors (Lipinski definition) is 4. The summed E-state index contributed by atoms with van der Waals surface area (Å²) in [7, 11) is 0. The number of fused-ring (bicyclic) bond motifs is 3. The predicted octanol–water partition coefficient (Wildman–Crippen LogP) is 9.13. The molecule has 5 aromatic carbocycles. The van der Waals surface area contributed by atoms with Gasteiger partial charge in [-0.15, -0.1) is 11.3 Å². The molecule has 7 rings (SSSR count). The van der Waals surface area contributed by atoms with E-state index < -0.39 is 0 Å². The first-order chi connectivity index (χ1) is 19.1. The van der Waals surface area contributed by atoms with Gasteiger partial charge in [0.05, 0.1) is 11.3 Å². The zero-order valence-corrected chi connectivity index (χ0v) is 21.4. The van der Waals surface area contributed by atoms with E-state index in [2.05, 4.69) is 41.3 Å². The number of benzene rings is 5. The number of ketones is 2. The van der Waals surface area contributed by atoms with Crippen molar-refractivity contribution in [3.63, 3.8) is 0 Å². The van der Waals surface area contributed by atoms with Crippen LogP contribution in [-0.2, 0) is 0 Å². The van der Waals surface area contributed by atoms with E-state index in [0.29, 0.717) is 16.5 Å². The normalized spacial score (nSPS) is 13.9. The van der Waals surface area contributed by atoms with Gasteiger partial charge < -0.3 is 4.90 Å². The molecule has 0 N–H and O–H groups in total. The summed E-state index contributed by atoms with van der Waals surface area (Å²) in [4.78, 5) is 29.6. The van der Waals surface area contributed by atoms with E-state index in [-0.39, 0.29) is 23.0 Å². The Hall–Kier alpha value is -4.87. The van der Waals surface area contributed by atoms with Gasteiger partial charge in [-0.2, -0.15) is 0 Å². The molecule has 39 heavy (non-hydrogen) atoms. The minimum atomic E-state index is -0.379. The molecule has 3 nitrogen and oxygen atoms in total. The van der Waals surface area contributed by atoms with Gasteiger partial charge in [0.1, 0.15) is 10.8 Å². The topological polar surface area (TPSA) is 37.4 Å². The standard InChI is InChI=1S/C34H20FNO2S/c35-24-14-13-22-18-28-29(19-23(22)17-24)34(38)30(33(28)37)20-26-15-16-32(39-26)36(25-9-2-1-3-10-25)31-12-6-8-21-7-4-5-11-27(21)31/h1-20H/b30-20+. The number of carbonyl (C=O) groups is 2. The SMILES string of the molecule is O=C1/C(=C\c2ccc(N(c3ccccc3)c3cccc4ccccc34)s2)C(=O)c2cc3cc(F)ccc3cc21. The number of hydrogen-bond donors (Lipinski definition) is 0. The average Bonchev–Trinajstić information content (AvgIpc) is 3.51. The van der Waals surface area contributed by atoms with Crippen LogP contribution in [0.5, 0.6) is 0 Å². The second-order valence-electron chi connectivity index (χ2n) is 9.45. The fraction of sp³-hybridized carbons (Fsp3) is 0. The highest BCUT2D eigenvalue weighted by Crippen LogP contribution is 2.42. The third-order valence-electron chi connectivity index (χ3n) is 7.06. The maximum Gasteiger partial charge on any atom is 0.197 e. The largest absolute Gasteiger partial charge is 0.301 e. The number of nitrogens with zero attached hydrogens (tertiary/aromatic N) is 1. The summed E-state index contributed by atoms with van der Waals surface area (Å²) < 4.78 is 13.8. The summed E-state index contributed by atoms with van der Waals surface area (Å²) in [5.74, 6) is -1.01. The molecular weight excluding hydrogens is 505 g/mol. The van der Waals surface area contributed by atoms with Gasteiger partial charge >= 0.3 is 0 Å². The summed E-state index contributed by atoms with van der Waals surface area (Å²) in [5.41, 5.74) is 2.87. The molecule has 0 bridgehead atoms. The first kappa shape index (κ1) is 23.3. The van der Waals surface area contributed by atoms with E-state index in [9.17, 15) is 14.0 Å². The lowest BCUT2D eigenvalue weighted by atomic mass is 10.0. The number of para-hydroxylation sites is 1. The molecule has 1 aliphatic carbocycles. The van der Waals surface area contributed by atoms with Crippen LogP contribution >= 0.6 is 11.3 Å². The molecule has 0 spiro atoms. The highest BCUT2D eigenvalue weighted by Gasteiger charge is 2.33. The van der Waals surface area contributed by atoms with E-state index in [1.807, 2.05) is 48.5 Å². The molecule has 0 radical (unpaired) electrons. The van der Waals surface area contributed by atoms with E-state index in [1.165, 1.54) is 23.5 Å². The van der Waals surface area contributed by atoms with Crippen molar-refractivity contribution in [1.29, 1.82) is 0 Å². The van der Waals surface area contributed by atoms with Gasteiger partial charge in [0.25, 0.3) is 0 Å². The molecule has 0 atom stereocenters. The maximum atomic E-state index is 13.8. The van der Waals surface area contributed by atoms with Crippen molar-refractivity contribution in [3.8, 4) is 0 Å². The maximum absolute atomic E-state index is 13.8. The van der Waals surface area contributed by atoms with Crippen LogP contribution in [0.3, 0.4) is 0 Å². The predicted molar refractivity (Wildman–Crippen MR) is 157 cm³/mol. The van der Waals surface area contributed by atoms with Crippen molar-refractivity contribution in [3.05, 3.63) is 143 Å². The molecule has 0 saturated heterocycles. The Bertz CT molecular complexity index is 1970. The summed E-state index contributed by atoms with van der Waals surface area (Å²) in [6.45, 7) is 0. The molecule has 0 saturated carbocycles. The summed E-state index contributed by atoms with van der Waals surface area (Å²) in [6, 6.07) is 36.3. The van der Waals surface area contributed by atoms with E-state index in [1.54, 1.807) is 24.3 Å². The molecule has 1 aliphatic rings. The minimum absolute atomic E-state index is 0.130. The number of thiophene rings is 1. The molecule has 0 amide bonds. The van der Waals surface area contributed by atoms with Crippen LogP contribution in [0.1, 0.15) is 25.6 Å². The first-order valence-electron chi connectivity index (χ1n) is 12.5. The van der Waals surface area contributed by atoms with Gasteiger partial charge in [-0.25, -0.2) is 4.39 Å². The molecule has 5 heteroatoms. The fourth-order valence-electron chi connectivity index (χ4n) is 5.22. The number of anilines is 3. The number of rotatable bonds is 4. The van der Waals surface area contributed by atoms with E-state index in [4.69, 9.17) is 0 Å². The lowest BCUT2D eigenvalue weighted by Gasteiger charge is -2.25. The fourth-order valence-corrected chi connectivity index (χ4v) is 6.20. The molecule has 0 fully saturated rings. The second-order valence-corrected chi connectivity index (χ2v) is 10.5. The zero-order valence-electron chi connectivity index (χ0n) is 20.6. The molecule has 186 valence electrons.